The van der Waals surface area contributed by atoms with E-state index in [9.17, 15) is 0 Å². The molecule has 1 atom stereocenters. The predicted molar refractivity (Wildman–Crippen MR) is 59.9 cm³/mol. The maximum absolute atomic E-state index is 9.14. The highest BCUT2D eigenvalue weighted by molar-refractivity contribution is 5.56. The van der Waals surface area contributed by atoms with Crippen molar-refractivity contribution in [3.05, 3.63) is 30.8 Å². The summed E-state index contributed by atoms with van der Waals surface area (Å²) in [5, 5.41) is 12.1. The van der Waals surface area contributed by atoms with E-state index in [1.807, 2.05) is 6.07 Å². The number of rotatable bonds is 4. The predicted octanol–water partition coefficient (Wildman–Crippen LogP) is 1.53. The molecule has 0 amide bonds. The minimum atomic E-state index is -0.415. The molecule has 2 aromatic rings. The van der Waals surface area contributed by atoms with E-state index < -0.39 is 6.10 Å². The van der Waals surface area contributed by atoms with Crippen LogP contribution in [0.2, 0.25) is 0 Å². The molecule has 0 bridgehead atoms. The summed E-state index contributed by atoms with van der Waals surface area (Å²) >= 11 is 0. The summed E-state index contributed by atoms with van der Waals surface area (Å²) < 4.78 is 5.23. The molecule has 5 heteroatoms. The number of nitrogens with zero attached hydrogens (tertiary/aromatic N) is 2. The zero-order valence-corrected chi connectivity index (χ0v) is 8.92. The van der Waals surface area contributed by atoms with Gasteiger partial charge in [0, 0.05) is 12.6 Å². The fourth-order valence-electron chi connectivity index (χ4n) is 1.27. The number of nitrogens with one attached hydrogen (secondary N) is 1. The summed E-state index contributed by atoms with van der Waals surface area (Å²) in [7, 11) is 0. The van der Waals surface area contributed by atoms with Crippen molar-refractivity contribution in [3.8, 4) is 11.5 Å². The van der Waals surface area contributed by atoms with Crippen molar-refractivity contribution < 1.29 is 9.52 Å². The van der Waals surface area contributed by atoms with Crippen LogP contribution in [0.25, 0.3) is 11.5 Å². The molecule has 2 rings (SSSR count). The van der Waals surface area contributed by atoms with E-state index in [0.717, 1.165) is 0 Å². The smallest absolute Gasteiger partial charge is 0.152 e. The molecule has 2 N–H and O–H groups in total. The first-order valence-corrected chi connectivity index (χ1v) is 5.03. The molecule has 5 nitrogen and oxygen atoms in total. The number of aliphatic hydroxyl groups excluding tert-OH is 1. The van der Waals surface area contributed by atoms with Crippen molar-refractivity contribution in [1.29, 1.82) is 0 Å². The molecule has 0 aliphatic rings. The second kappa shape index (κ2) is 4.76. The molecule has 2 heterocycles. The first-order valence-electron chi connectivity index (χ1n) is 5.03. The molecule has 84 valence electrons. The van der Waals surface area contributed by atoms with Crippen LogP contribution in [0.4, 0.5) is 5.82 Å². The van der Waals surface area contributed by atoms with Crippen LogP contribution in [-0.4, -0.2) is 27.7 Å². The fourth-order valence-corrected chi connectivity index (χ4v) is 1.27. The standard InChI is InChI=1S/C11H13N3O2/c1-8(15)6-12-11-5-9(13-7-14-11)10-3-2-4-16-10/h2-5,7-8,15H,6H2,1H3,(H,12,13,14). The molecule has 0 spiro atoms. The average molecular weight is 219 g/mol. The minimum absolute atomic E-state index is 0.415. The summed E-state index contributed by atoms with van der Waals surface area (Å²) in [6.07, 6.45) is 2.64. The van der Waals surface area contributed by atoms with Gasteiger partial charge >= 0.3 is 0 Å². The molecular formula is C11H13N3O2. The quantitative estimate of drug-likeness (QED) is 0.816. The van der Waals surface area contributed by atoms with E-state index in [4.69, 9.17) is 9.52 Å². The molecule has 0 aliphatic carbocycles. The summed E-state index contributed by atoms with van der Waals surface area (Å²) in [6, 6.07) is 5.42. The highest BCUT2D eigenvalue weighted by atomic mass is 16.3. The van der Waals surface area contributed by atoms with Gasteiger partial charge in [0.25, 0.3) is 0 Å². The Balaban J connectivity index is 2.14. The lowest BCUT2D eigenvalue weighted by Crippen LogP contribution is -2.16. The Labute approximate surface area is 93.2 Å². The summed E-state index contributed by atoms with van der Waals surface area (Å²) in [5.74, 6) is 1.37. The Kier molecular flexibility index (Phi) is 3.16. The fraction of sp³-hybridized carbons (Fsp3) is 0.273. The second-order valence-electron chi connectivity index (χ2n) is 3.50. The van der Waals surface area contributed by atoms with Gasteiger partial charge < -0.3 is 14.8 Å². The zero-order valence-electron chi connectivity index (χ0n) is 8.92. The lowest BCUT2D eigenvalue weighted by Gasteiger charge is -2.07. The van der Waals surface area contributed by atoms with Crippen LogP contribution in [-0.2, 0) is 0 Å². The Hall–Kier alpha value is -1.88. The molecule has 1 unspecified atom stereocenters. The number of hydrogen-bond acceptors (Lipinski definition) is 5. The number of furan rings is 1. The van der Waals surface area contributed by atoms with Crippen molar-refractivity contribution in [3.63, 3.8) is 0 Å². The van der Waals surface area contributed by atoms with Crippen molar-refractivity contribution in [1.82, 2.24) is 9.97 Å². The molecule has 16 heavy (non-hydrogen) atoms. The number of hydrogen-bond donors (Lipinski definition) is 2. The molecule has 0 radical (unpaired) electrons. The van der Waals surface area contributed by atoms with Gasteiger partial charge in [-0.3, -0.25) is 0 Å². The van der Waals surface area contributed by atoms with Gasteiger partial charge in [-0.2, -0.15) is 0 Å². The van der Waals surface area contributed by atoms with Crippen LogP contribution >= 0.6 is 0 Å². The second-order valence-corrected chi connectivity index (χ2v) is 3.50. The van der Waals surface area contributed by atoms with Crippen LogP contribution < -0.4 is 5.32 Å². The highest BCUT2D eigenvalue weighted by Crippen LogP contribution is 2.18. The zero-order chi connectivity index (χ0) is 11.4. The Morgan fingerprint density at radius 1 is 1.50 bits per heavy atom. The minimum Gasteiger partial charge on any atom is -0.463 e. The summed E-state index contributed by atoms with van der Waals surface area (Å²) in [4.78, 5) is 8.15. The third-order valence-corrected chi connectivity index (χ3v) is 2.02. The maximum Gasteiger partial charge on any atom is 0.152 e. The van der Waals surface area contributed by atoms with Crippen molar-refractivity contribution >= 4 is 5.82 Å². The van der Waals surface area contributed by atoms with Gasteiger partial charge in [0.2, 0.25) is 0 Å². The van der Waals surface area contributed by atoms with Gasteiger partial charge in [-0.15, -0.1) is 0 Å². The van der Waals surface area contributed by atoms with Crippen LogP contribution in [0, 0.1) is 0 Å². The van der Waals surface area contributed by atoms with E-state index in [0.29, 0.717) is 23.8 Å². The van der Waals surface area contributed by atoms with Gasteiger partial charge in [-0.25, -0.2) is 9.97 Å². The lowest BCUT2D eigenvalue weighted by atomic mass is 10.3. The average Bonchev–Trinajstić information content (AvgIpc) is 2.80. The number of aliphatic hydroxyl groups is 1. The Morgan fingerprint density at radius 3 is 3.06 bits per heavy atom. The SMILES string of the molecule is CC(O)CNc1cc(-c2ccco2)ncn1. The molecule has 0 aliphatic heterocycles. The van der Waals surface area contributed by atoms with Gasteiger partial charge in [0.05, 0.1) is 12.4 Å². The summed E-state index contributed by atoms with van der Waals surface area (Å²) in [5.41, 5.74) is 0.716. The number of aromatic nitrogens is 2. The highest BCUT2D eigenvalue weighted by Gasteiger charge is 2.04. The van der Waals surface area contributed by atoms with Crippen molar-refractivity contribution in [2.45, 2.75) is 13.0 Å². The maximum atomic E-state index is 9.14. The van der Waals surface area contributed by atoms with Gasteiger partial charge in [-0.05, 0) is 19.1 Å². The van der Waals surface area contributed by atoms with E-state index in [1.54, 1.807) is 25.3 Å². The molecule has 0 saturated carbocycles. The molecule has 0 saturated heterocycles. The first-order chi connectivity index (χ1) is 7.75. The van der Waals surface area contributed by atoms with Gasteiger partial charge in [0.15, 0.2) is 5.76 Å². The van der Waals surface area contributed by atoms with Gasteiger partial charge in [0.1, 0.15) is 17.8 Å². The molecule has 0 fully saturated rings. The van der Waals surface area contributed by atoms with E-state index in [-0.39, 0.29) is 0 Å². The van der Waals surface area contributed by atoms with Gasteiger partial charge in [-0.1, -0.05) is 0 Å². The van der Waals surface area contributed by atoms with Crippen LogP contribution in [0.15, 0.2) is 35.2 Å². The van der Waals surface area contributed by atoms with E-state index in [2.05, 4.69) is 15.3 Å². The first kappa shape index (κ1) is 10.6. The van der Waals surface area contributed by atoms with Crippen LogP contribution in [0.5, 0.6) is 0 Å². The van der Waals surface area contributed by atoms with Crippen LogP contribution in [0.1, 0.15) is 6.92 Å². The van der Waals surface area contributed by atoms with Crippen molar-refractivity contribution in [2.75, 3.05) is 11.9 Å². The normalized spacial score (nSPS) is 12.4. The summed E-state index contributed by atoms with van der Waals surface area (Å²) in [6.45, 7) is 2.16. The molecule has 0 aromatic carbocycles. The molecule has 2 aromatic heterocycles. The van der Waals surface area contributed by atoms with E-state index in [1.165, 1.54) is 6.33 Å². The third-order valence-electron chi connectivity index (χ3n) is 2.02. The number of anilines is 1. The molecular weight excluding hydrogens is 206 g/mol. The van der Waals surface area contributed by atoms with Crippen LogP contribution in [0.3, 0.4) is 0 Å². The Morgan fingerprint density at radius 2 is 2.38 bits per heavy atom. The topological polar surface area (TPSA) is 71.2 Å². The third kappa shape index (κ3) is 2.58. The Bertz CT molecular complexity index is 440. The monoisotopic (exact) mass is 219 g/mol. The lowest BCUT2D eigenvalue weighted by molar-refractivity contribution is 0.208. The largest absolute Gasteiger partial charge is 0.463 e. The van der Waals surface area contributed by atoms with E-state index >= 15 is 0 Å². The van der Waals surface area contributed by atoms with Crippen molar-refractivity contribution in [2.24, 2.45) is 0 Å².